The first-order valence-corrected chi connectivity index (χ1v) is 10.2. The maximum Gasteiger partial charge on any atom is 0.101 e. The maximum absolute atomic E-state index is 9.55. The average molecular weight is 335 g/mol. The Bertz CT molecular complexity index is 656. The molecule has 0 bridgehead atoms. The van der Waals surface area contributed by atoms with Crippen LogP contribution in [-0.4, -0.2) is 0 Å². The van der Waals surface area contributed by atoms with Gasteiger partial charge >= 0.3 is 0 Å². The Kier molecular flexibility index (Phi) is 6.14. The highest BCUT2D eigenvalue weighted by molar-refractivity contribution is 5.51. The van der Waals surface area contributed by atoms with Crippen LogP contribution in [0.4, 0.5) is 0 Å². The average Bonchev–Trinajstić information content (AvgIpc) is 2.68. The summed E-state index contributed by atoms with van der Waals surface area (Å²) in [5.41, 5.74) is 2.30. The van der Waals surface area contributed by atoms with Gasteiger partial charge < -0.3 is 0 Å². The van der Waals surface area contributed by atoms with Gasteiger partial charge in [0.15, 0.2) is 0 Å². The van der Waals surface area contributed by atoms with Crippen molar-refractivity contribution >= 4 is 0 Å². The second-order valence-electron chi connectivity index (χ2n) is 8.19. The molecule has 2 fully saturated rings. The first kappa shape index (κ1) is 18.0. The zero-order valence-corrected chi connectivity index (χ0v) is 15.5. The van der Waals surface area contributed by atoms with Crippen LogP contribution in [0.3, 0.4) is 0 Å². The van der Waals surface area contributed by atoms with Crippen molar-refractivity contribution in [3.05, 3.63) is 34.9 Å². The molecule has 1 aromatic rings. The Balaban J connectivity index is 1.69. The van der Waals surface area contributed by atoms with Crippen molar-refractivity contribution in [1.82, 2.24) is 0 Å². The minimum absolute atomic E-state index is 0.468. The van der Waals surface area contributed by atoms with Crippen molar-refractivity contribution in [2.24, 2.45) is 17.8 Å². The fourth-order valence-electron chi connectivity index (χ4n) is 5.42. The van der Waals surface area contributed by atoms with E-state index in [1.54, 1.807) is 6.07 Å². The molecule has 2 nitrogen and oxygen atoms in total. The highest BCUT2D eigenvalue weighted by Gasteiger charge is 2.32. The van der Waals surface area contributed by atoms with Crippen LogP contribution >= 0.6 is 0 Å². The summed E-state index contributed by atoms with van der Waals surface area (Å²) in [6, 6.07) is 10.3. The molecule has 2 aliphatic carbocycles. The minimum atomic E-state index is 0.468. The minimum Gasteiger partial charge on any atom is -0.192 e. The molecule has 132 valence electrons. The fraction of sp³-hybridized carbons (Fsp3) is 0.652. The van der Waals surface area contributed by atoms with Gasteiger partial charge in [0, 0.05) is 0 Å². The van der Waals surface area contributed by atoms with Crippen LogP contribution in [0.1, 0.15) is 93.7 Å². The van der Waals surface area contributed by atoms with Crippen LogP contribution < -0.4 is 0 Å². The SMILES string of the molecule is CCCC1CCC(C2CCCC(c3cccc(C#N)c3C#N)C2)CC1. The first-order valence-electron chi connectivity index (χ1n) is 10.2. The zero-order chi connectivity index (χ0) is 17.6. The molecule has 0 aliphatic heterocycles. The van der Waals surface area contributed by atoms with Crippen LogP contribution in [-0.2, 0) is 0 Å². The van der Waals surface area contributed by atoms with Gasteiger partial charge in [0.2, 0.25) is 0 Å². The number of nitrogens with zero attached hydrogens (tertiary/aromatic N) is 2. The van der Waals surface area contributed by atoms with Crippen LogP contribution in [0.5, 0.6) is 0 Å². The Hall–Kier alpha value is -1.80. The summed E-state index contributed by atoms with van der Waals surface area (Å²) in [6.07, 6.45) is 13.4. The van der Waals surface area contributed by atoms with E-state index in [1.807, 2.05) is 6.07 Å². The quantitative estimate of drug-likeness (QED) is 0.647. The Labute approximate surface area is 152 Å². The van der Waals surface area contributed by atoms with E-state index < -0.39 is 0 Å². The van der Waals surface area contributed by atoms with E-state index in [4.69, 9.17) is 0 Å². The summed E-state index contributed by atoms with van der Waals surface area (Å²) in [6.45, 7) is 2.31. The topological polar surface area (TPSA) is 47.6 Å². The van der Waals surface area contributed by atoms with Gasteiger partial charge in [-0.05, 0) is 61.0 Å². The number of hydrogen-bond donors (Lipinski definition) is 0. The predicted octanol–water partition coefficient (Wildman–Crippen LogP) is 6.31. The predicted molar refractivity (Wildman–Crippen MR) is 101 cm³/mol. The molecule has 2 aliphatic rings. The van der Waals surface area contributed by atoms with E-state index in [1.165, 1.54) is 64.2 Å². The van der Waals surface area contributed by atoms with E-state index in [9.17, 15) is 10.5 Å². The van der Waals surface area contributed by atoms with Crippen molar-refractivity contribution in [2.75, 3.05) is 0 Å². The third kappa shape index (κ3) is 4.07. The van der Waals surface area contributed by atoms with Gasteiger partial charge in [-0.15, -0.1) is 0 Å². The molecule has 0 radical (unpaired) electrons. The smallest absolute Gasteiger partial charge is 0.101 e. The van der Waals surface area contributed by atoms with Gasteiger partial charge in [-0.3, -0.25) is 0 Å². The van der Waals surface area contributed by atoms with E-state index in [-0.39, 0.29) is 0 Å². The molecular weight excluding hydrogens is 304 g/mol. The number of rotatable bonds is 4. The second kappa shape index (κ2) is 8.53. The van der Waals surface area contributed by atoms with E-state index >= 15 is 0 Å². The summed E-state index contributed by atoms with van der Waals surface area (Å²) in [7, 11) is 0. The van der Waals surface area contributed by atoms with Gasteiger partial charge in [-0.25, -0.2) is 0 Å². The van der Waals surface area contributed by atoms with Gasteiger partial charge in [-0.1, -0.05) is 57.6 Å². The van der Waals surface area contributed by atoms with Gasteiger partial charge in [0.1, 0.15) is 12.1 Å². The molecule has 3 rings (SSSR count). The van der Waals surface area contributed by atoms with Crippen LogP contribution in [0.25, 0.3) is 0 Å². The molecule has 0 heterocycles. The lowest BCUT2D eigenvalue weighted by molar-refractivity contribution is 0.154. The lowest BCUT2D eigenvalue weighted by Crippen LogP contribution is -2.26. The van der Waals surface area contributed by atoms with E-state index in [0.29, 0.717) is 17.0 Å². The summed E-state index contributed by atoms with van der Waals surface area (Å²) in [5, 5.41) is 18.8. The lowest BCUT2D eigenvalue weighted by Gasteiger charge is -2.38. The second-order valence-corrected chi connectivity index (χ2v) is 8.19. The Morgan fingerprint density at radius 2 is 1.76 bits per heavy atom. The Morgan fingerprint density at radius 3 is 2.44 bits per heavy atom. The largest absolute Gasteiger partial charge is 0.192 e. The van der Waals surface area contributed by atoms with Gasteiger partial charge in [0.25, 0.3) is 0 Å². The molecular formula is C23H30N2. The summed E-state index contributed by atoms with van der Waals surface area (Å²) < 4.78 is 0. The van der Waals surface area contributed by atoms with Crippen LogP contribution in [0.15, 0.2) is 18.2 Å². The molecule has 1 aromatic carbocycles. The summed E-state index contributed by atoms with van der Waals surface area (Å²) >= 11 is 0. The third-order valence-electron chi connectivity index (χ3n) is 6.74. The maximum atomic E-state index is 9.55. The number of benzene rings is 1. The molecule has 2 atom stereocenters. The van der Waals surface area contributed by atoms with Crippen molar-refractivity contribution in [3.63, 3.8) is 0 Å². The van der Waals surface area contributed by atoms with Gasteiger partial charge in [-0.2, -0.15) is 10.5 Å². The Morgan fingerprint density at radius 1 is 0.960 bits per heavy atom. The number of hydrogen-bond acceptors (Lipinski definition) is 2. The first-order chi connectivity index (χ1) is 12.3. The molecule has 2 saturated carbocycles. The molecule has 2 unspecified atom stereocenters. The highest BCUT2D eigenvalue weighted by atomic mass is 14.4. The molecule has 0 spiro atoms. The van der Waals surface area contributed by atoms with Crippen molar-refractivity contribution in [1.29, 1.82) is 10.5 Å². The highest BCUT2D eigenvalue weighted by Crippen LogP contribution is 2.45. The molecule has 0 N–H and O–H groups in total. The molecule has 2 heteroatoms. The summed E-state index contributed by atoms with van der Waals surface area (Å²) in [5.74, 6) is 3.15. The molecule has 25 heavy (non-hydrogen) atoms. The lowest BCUT2D eigenvalue weighted by atomic mass is 9.67. The molecule has 0 saturated heterocycles. The van der Waals surface area contributed by atoms with E-state index in [0.717, 1.165) is 23.3 Å². The van der Waals surface area contributed by atoms with Crippen molar-refractivity contribution < 1.29 is 0 Å². The van der Waals surface area contributed by atoms with Crippen molar-refractivity contribution in [3.8, 4) is 12.1 Å². The van der Waals surface area contributed by atoms with Gasteiger partial charge in [0.05, 0.1) is 11.1 Å². The molecule has 0 aromatic heterocycles. The van der Waals surface area contributed by atoms with Crippen molar-refractivity contribution in [2.45, 2.75) is 77.0 Å². The normalized spacial score (nSPS) is 29.6. The van der Waals surface area contributed by atoms with Crippen LogP contribution in [0, 0.1) is 40.4 Å². The summed E-state index contributed by atoms with van der Waals surface area (Å²) in [4.78, 5) is 0. The van der Waals surface area contributed by atoms with Crippen LogP contribution in [0.2, 0.25) is 0 Å². The third-order valence-corrected chi connectivity index (χ3v) is 6.74. The fourth-order valence-corrected chi connectivity index (χ4v) is 5.42. The molecule has 0 amide bonds. The monoisotopic (exact) mass is 334 g/mol. The number of nitriles is 2. The standard InChI is InChI=1S/C23H30N2/c1-2-5-17-10-12-18(13-11-17)19-6-3-7-20(14-19)22-9-4-8-21(15-24)23(22)16-25/h4,8-9,17-20H,2-3,5-7,10-14H2,1H3. The van der Waals surface area contributed by atoms with E-state index in [2.05, 4.69) is 25.1 Å². The zero-order valence-electron chi connectivity index (χ0n) is 15.5.